The van der Waals surface area contributed by atoms with Crippen LogP contribution < -0.4 is 10.2 Å². The molecule has 0 radical (unpaired) electrons. The van der Waals surface area contributed by atoms with Crippen LogP contribution in [0, 0.1) is 13.8 Å². The number of ether oxygens (including phenoxy) is 1. The van der Waals surface area contributed by atoms with Crippen molar-refractivity contribution in [1.29, 1.82) is 0 Å². The van der Waals surface area contributed by atoms with Crippen molar-refractivity contribution in [2.45, 2.75) is 65.8 Å². The van der Waals surface area contributed by atoms with E-state index in [9.17, 15) is 9.59 Å². The molecule has 3 aromatic rings. The van der Waals surface area contributed by atoms with Gasteiger partial charge < -0.3 is 19.9 Å². The monoisotopic (exact) mass is 558 g/mol. The Labute approximate surface area is 243 Å². The summed E-state index contributed by atoms with van der Waals surface area (Å²) in [6, 6.07) is 12.3. The normalized spacial score (nSPS) is 15.5. The van der Waals surface area contributed by atoms with Gasteiger partial charge >= 0.3 is 5.97 Å². The fourth-order valence-electron chi connectivity index (χ4n) is 5.44. The fourth-order valence-corrected chi connectivity index (χ4v) is 5.44. The first kappa shape index (κ1) is 30.0. The van der Waals surface area contributed by atoms with E-state index in [0.717, 1.165) is 22.9 Å². The predicted octanol–water partition coefficient (Wildman–Crippen LogP) is 5.36. The number of anilines is 2. The van der Waals surface area contributed by atoms with Crippen LogP contribution in [0.5, 0.6) is 0 Å². The molecule has 1 atom stereocenters. The van der Waals surface area contributed by atoms with E-state index in [0.29, 0.717) is 49.0 Å². The van der Waals surface area contributed by atoms with Crippen molar-refractivity contribution >= 4 is 23.5 Å². The lowest BCUT2D eigenvalue weighted by Crippen LogP contribution is -2.61. The molecule has 1 aliphatic rings. The highest BCUT2D eigenvalue weighted by molar-refractivity contribution is 5.93. The number of methoxy groups -OCH3 is 1. The second-order valence-electron chi connectivity index (χ2n) is 11.8. The summed E-state index contributed by atoms with van der Waals surface area (Å²) in [7, 11) is 1.37. The van der Waals surface area contributed by atoms with Crippen molar-refractivity contribution in [3.63, 3.8) is 0 Å². The standard InChI is InChI=1S/C32H42N6O3/c1-20(2)28-29(33-17-22(4)24-12-10-9-11-13-24)34-18-25(36-28)30(39)38-15-14-37(19-32(38,6)7)26-16-21(3)27(23(5)35-26)31(40)41-8/h9-13,16,18,20,22H,14-15,17,19H2,1-8H3,(H,33,34)/t22-/m1/s1. The second-order valence-corrected chi connectivity index (χ2v) is 11.8. The number of piperazine rings is 1. The van der Waals surface area contributed by atoms with E-state index >= 15 is 0 Å². The van der Waals surface area contributed by atoms with Crippen LogP contribution in [-0.2, 0) is 4.74 Å². The molecule has 1 aromatic carbocycles. The van der Waals surface area contributed by atoms with Gasteiger partial charge in [0.1, 0.15) is 17.3 Å². The van der Waals surface area contributed by atoms with Crippen LogP contribution in [0.4, 0.5) is 11.6 Å². The number of aryl methyl sites for hydroxylation is 2. The minimum atomic E-state index is -0.485. The van der Waals surface area contributed by atoms with Gasteiger partial charge in [-0.1, -0.05) is 51.1 Å². The number of aromatic nitrogens is 3. The van der Waals surface area contributed by atoms with E-state index in [2.05, 4.69) is 62.0 Å². The molecule has 0 bridgehead atoms. The molecule has 2 aromatic heterocycles. The highest BCUT2D eigenvalue weighted by Crippen LogP contribution is 2.29. The van der Waals surface area contributed by atoms with Gasteiger partial charge in [0, 0.05) is 26.2 Å². The lowest BCUT2D eigenvalue weighted by molar-refractivity contribution is 0.0505. The lowest BCUT2D eigenvalue weighted by Gasteiger charge is -2.47. The Balaban J connectivity index is 1.49. The number of carbonyl (C=O) groups excluding carboxylic acids is 2. The first-order valence-electron chi connectivity index (χ1n) is 14.2. The van der Waals surface area contributed by atoms with Crippen LogP contribution in [0.15, 0.2) is 42.6 Å². The van der Waals surface area contributed by atoms with Gasteiger partial charge in [-0.05, 0) is 56.7 Å². The minimum Gasteiger partial charge on any atom is -0.465 e. The molecule has 1 amide bonds. The molecule has 0 unspecified atom stereocenters. The van der Waals surface area contributed by atoms with Gasteiger partial charge in [-0.3, -0.25) is 4.79 Å². The molecular formula is C32H42N6O3. The number of carbonyl (C=O) groups is 2. The van der Waals surface area contributed by atoms with Crippen molar-refractivity contribution < 1.29 is 14.3 Å². The van der Waals surface area contributed by atoms with Crippen molar-refractivity contribution in [3.05, 3.63) is 76.4 Å². The van der Waals surface area contributed by atoms with Gasteiger partial charge in [0.2, 0.25) is 0 Å². The van der Waals surface area contributed by atoms with E-state index in [1.807, 2.05) is 43.0 Å². The molecule has 218 valence electrons. The van der Waals surface area contributed by atoms with Crippen LogP contribution in [-0.4, -0.2) is 70.6 Å². The van der Waals surface area contributed by atoms with E-state index < -0.39 is 5.54 Å². The molecule has 3 heterocycles. The lowest BCUT2D eigenvalue weighted by atomic mass is 9.97. The summed E-state index contributed by atoms with van der Waals surface area (Å²) in [6.07, 6.45) is 1.59. The Morgan fingerprint density at radius 3 is 2.39 bits per heavy atom. The number of esters is 1. The van der Waals surface area contributed by atoms with Crippen LogP contribution in [0.25, 0.3) is 0 Å². The van der Waals surface area contributed by atoms with Crippen LogP contribution >= 0.6 is 0 Å². The topological polar surface area (TPSA) is 101 Å². The maximum absolute atomic E-state index is 13.8. The van der Waals surface area contributed by atoms with E-state index in [1.165, 1.54) is 12.7 Å². The maximum atomic E-state index is 13.8. The minimum absolute atomic E-state index is 0.0974. The Kier molecular flexibility index (Phi) is 8.95. The molecule has 1 N–H and O–H groups in total. The Hall–Kier alpha value is -4.01. The van der Waals surface area contributed by atoms with Crippen LogP contribution in [0.1, 0.15) is 89.8 Å². The summed E-state index contributed by atoms with van der Waals surface area (Å²) < 4.78 is 4.92. The van der Waals surface area contributed by atoms with Crippen molar-refractivity contribution in [2.24, 2.45) is 0 Å². The van der Waals surface area contributed by atoms with E-state index in [-0.39, 0.29) is 17.8 Å². The number of nitrogens with zero attached hydrogens (tertiary/aromatic N) is 5. The second kappa shape index (κ2) is 12.2. The molecule has 1 saturated heterocycles. The summed E-state index contributed by atoms with van der Waals surface area (Å²) >= 11 is 0. The highest BCUT2D eigenvalue weighted by Gasteiger charge is 2.38. The first-order chi connectivity index (χ1) is 19.4. The zero-order valence-electron chi connectivity index (χ0n) is 25.5. The van der Waals surface area contributed by atoms with Gasteiger partial charge in [0.25, 0.3) is 5.91 Å². The SMILES string of the molecule is COC(=O)c1c(C)cc(N2CCN(C(=O)c3cnc(NC[C@@H](C)c4ccccc4)c(C(C)C)n3)C(C)(C)C2)nc1C. The quantitative estimate of drug-likeness (QED) is 0.369. The van der Waals surface area contributed by atoms with Gasteiger partial charge in [-0.15, -0.1) is 0 Å². The molecule has 4 rings (SSSR count). The summed E-state index contributed by atoms with van der Waals surface area (Å²) in [4.78, 5) is 44.2. The average Bonchev–Trinajstić information content (AvgIpc) is 2.94. The Morgan fingerprint density at radius 1 is 1.07 bits per heavy atom. The van der Waals surface area contributed by atoms with Gasteiger partial charge in [-0.2, -0.15) is 0 Å². The maximum Gasteiger partial charge on any atom is 0.339 e. The summed E-state index contributed by atoms with van der Waals surface area (Å²) in [5.74, 6) is 1.39. The summed E-state index contributed by atoms with van der Waals surface area (Å²) in [5, 5.41) is 3.46. The molecule has 0 saturated carbocycles. The molecular weight excluding hydrogens is 516 g/mol. The zero-order valence-corrected chi connectivity index (χ0v) is 25.5. The molecule has 9 heteroatoms. The Bertz CT molecular complexity index is 1380. The fraction of sp³-hybridized carbons (Fsp3) is 0.469. The third-order valence-corrected chi connectivity index (χ3v) is 7.75. The summed E-state index contributed by atoms with van der Waals surface area (Å²) in [5.41, 5.74) is 3.85. The van der Waals surface area contributed by atoms with Gasteiger partial charge in [0.15, 0.2) is 0 Å². The highest BCUT2D eigenvalue weighted by atomic mass is 16.5. The van der Waals surface area contributed by atoms with Gasteiger partial charge in [-0.25, -0.2) is 19.7 Å². The smallest absolute Gasteiger partial charge is 0.339 e. The zero-order chi connectivity index (χ0) is 29.9. The molecule has 0 aliphatic carbocycles. The number of rotatable bonds is 8. The van der Waals surface area contributed by atoms with E-state index in [1.54, 1.807) is 6.20 Å². The number of benzene rings is 1. The van der Waals surface area contributed by atoms with E-state index in [4.69, 9.17) is 14.7 Å². The predicted molar refractivity (Wildman–Crippen MR) is 162 cm³/mol. The largest absolute Gasteiger partial charge is 0.465 e. The van der Waals surface area contributed by atoms with Crippen LogP contribution in [0.3, 0.4) is 0 Å². The molecule has 9 nitrogen and oxygen atoms in total. The van der Waals surface area contributed by atoms with Crippen molar-refractivity contribution in [1.82, 2.24) is 19.9 Å². The Morgan fingerprint density at radius 2 is 1.78 bits per heavy atom. The first-order valence-corrected chi connectivity index (χ1v) is 14.2. The average molecular weight is 559 g/mol. The van der Waals surface area contributed by atoms with Gasteiger partial charge in [0.05, 0.1) is 35.8 Å². The summed E-state index contributed by atoms with van der Waals surface area (Å²) in [6.45, 7) is 16.5. The number of hydrogen-bond acceptors (Lipinski definition) is 8. The number of hydrogen-bond donors (Lipinski definition) is 1. The van der Waals surface area contributed by atoms with Crippen LogP contribution in [0.2, 0.25) is 0 Å². The number of nitrogens with one attached hydrogen (secondary N) is 1. The van der Waals surface area contributed by atoms with Crippen molar-refractivity contribution in [3.8, 4) is 0 Å². The molecule has 41 heavy (non-hydrogen) atoms. The molecule has 0 spiro atoms. The third-order valence-electron chi connectivity index (χ3n) is 7.75. The molecule has 1 aliphatic heterocycles. The number of pyridine rings is 1. The van der Waals surface area contributed by atoms with Crippen molar-refractivity contribution in [2.75, 3.05) is 43.5 Å². The number of amides is 1. The third kappa shape index (κ3) is 6.50. The molecule has 1 fully saturated rings.